The molecular formula is C13H22N2. The van der Waals surface area contributed by atoms with Gasteiger partial charge in [0.1, 0.15) is 0 Å². The smallest absolute Gasteiger partial charge is 0.0205 e. The lowest BCUT2D eigenvalue weighted by Crippen LogP contribution is -2.25. The molecule has 0 bridgehead atoms. The highest BCUT2D eigenvalue weighted by atomic mass is 14.9. The van der Waals surface area contributed by atoms with Gasteiger partial charge in [0.05, 0.1) is 0 Å². The minimum Gasteiger partial charge on any atom is -0.330 e. The molecule has 3 N–H and O–H groups in total. The monoisotopic (exact) mass is 206 g/mol. The van der Waals surface area contributed by atoms with Crippen molar-refractivity contribution in [3.8, 4) is 0 Å². The molecule has 84 valence electrons. The molecule has 0 aliphatic rings. The van der Waals surface area contributed by atoms with E-state index in [-0.39, 0.29) is 0 Å². The van der Waals surface area contributed by atoms with Crippen LogP contribution in [0.5, 0.6) is 0 Å². The van der Waals surface area contributed by atoms with Gasteiger partial charge in [-0.15, -0.1) is 0 Å². The first-order valence-corrected chi connectivity index (χ1v) is 5.60. The third-order valence-electron chi connectivity index (χ3n) is 2.80. The minimum absolute atomic E-state index is 0.552. The zero-order chi connectivity index (χ0) is 11.3. The Balaban J connectivity index is 2.41. The number of hydrogen-bond acceptors (Lipinski definition) is 2. The molecule has 0 aliphatic heterocycles. The van der Waals surface area contributed by atoms with Gasteiger partial charge in [-0.25, -0.2) is 0 Å². The van der Waals surface area contributed by atoms with Crippen molar-refractivity contribution in [1.82, 2.24) is 5.32 Å². The summed E-state index contributed by atoms with van der Waals surface area (Å²) in [5.74, 6) is 0.552. The summed E-state index contributed by atoms with van der Waals surface area (Å²) >= 11 is 0. The van der Waals surface area contributed by atoms with Crippen LogP contribution in [-0.4, -0.2) is 13.1 Å². The summed E-state index contributed by atoms with van der Waals surface area (Å²) in [6, 6.07) is 6.61. The molecule has 0 heterocycles. The van der Waals surface area contributed by atoms with Crippen LogP contribution in [0.15, 0.2) is 18.2 Å². The molecule has 2 heteroatoms. The molecule has 0 fully saturated rings. The summed E-state index contributed by atoms with van der Waals surface area (Å²) in [6.07, 6.45) is 0. The molecule has 0 spiro atoms. The van der Waals surface area contributed by atoms with Gasteiger partial charge < -0.3 is 11.1 Å². The van der Waals surface area contributed by atoms with Crippen LogP contribution in [0.3, 0.4) is 0 Å². The minimum atomic E-state index is 0.552. The van der Waals surface area contributed by atoms with E-state index in [4.69, 9.17) is 5.73 Å². The Labute approximate surface area is 92.9 Å². The van der Waals surface area contributed by atoms with Gasteiger partial charge >= 0.3 is 0 Å². The number of benzene rings is 1. The molecule has 1 rings (SSSR count). The predicted molar refractivity (Wildman–Crippen MR) is 65.8 cm³/mol. The maximum atomic E-state index is 5.56. The fourth-order valence-corrected chi connectivity index (χ4v) is 1.46. The van der Waals surface area contributed by atoms with E-state index in [1.165, 1.54) is 16.7 Å². The first-order chi connectivity index (χ1) is 7.13. The van der Waals surface area contributed by atoms with Crippen molar-refractivity contribution in [1.29, 1.82) is 0 Å². The van der Waals surface area contributed by atoms with Gasteiger partial charge in [-0.05, 0) is 49.5 Å². The van der Waals surface area contributed by atoms with Gasteiger partial charge in [0.15, 0.2) is 0 Å². The Hall–Kier alpha value is -0.860. The van der Waals surface area contributed by atoms with Crippen molar-refractivity contribution < 1.29 is 0 Å². The summed E-state index contributed by atoms with van der Waals surface area (Å²) < 4.78 is 0. The molecule has 0 saturated heterocycles. The van der Waals surface area contributed by atoms with Gasteiger partial charge in [0.25, 0.3) is 0 Å². The lowest BCUT2D eigenvalue weighted by molar-refractivity contribution is 0.522. The van der Waals surface area contributed by atoms with Crippen LogP contribution in [0.4, 0.5) is 0 Å². The third kappa shape index (κ3) is 4.02. The first-order valence-electron chi connectivity index (χ1n) is 5.60. The van der Waals surface area contributed by atoms with Gasteiger partial charge in [-0.1, -0.05) is 25.1 Å². The summed E-state index contributed by atoms with van der Waals surface area (Å²) in [5, 5.41) is 3.42. The normalized spacial score (nSPS) is 12.8. The highest BCUT2D eigenvalue weighted by Crippen LogP contribution is 2.09. The molecule has 1 unspecified atom stereocenters. The van der Waals surface area contributed by atoms with E-state index in [9.17, 15) is 0 Å². The topological polar surface area (TPSA) is 38.0 Å². The van der Waals surface area contributed by atoms with Gasteiger partial charge in [-0.2, -0.15) is 0 Å². The second-order valence-electron chi connectivity index (χ2n) is 4.39. The molecule has 1 aromatic rings. The van der Waals surface area contributed by atoms with Crippen molar-refractivity contribution in [2.75, 3.05) is 13.1 Å². The molecule has 2 nitrogen and oxygen atoms in total. The van der Waals surface area contributed by atoms with Crippen LogP contribution in [0, 0.1) is 19.8 Å². The van der Waals surface area contributed by atoms with E-state index in [0.29, 0.717) is 5.92 Å². The van der Waals surface area contributed by atoms with E-state index < -0.39 is 0 Å². The van der Waals surface area contributed by atoms with Crippen molar-refractivity contribution in [3.05, 3.63) is 34.9 Å². The SMILES string of the molecule is Cc1ccc(CNCC(C)CN)cc1C. The van der Waals surface area contributed by atoms with Crippen LogP contribution in [-0.2, 0) is 6.54 Å². The molecular weight excluding hydrogens is 184 g/mol. The van der Waals surface area contributed by atoms with Crippen LogP contribution in [0.25, 0.3) is 0 Å². The average Bonchev–Trinajstić information content (AvgIpc) is 2.23. The summed E-state index contributed by atoms with van der Waals surface area (Å²) in [6.45, 7) is 9.13. The largest absolute Gasteiger partial charge is 0.330 e. The van der Waals surface area contributed by atoms with E-state index in [1.807, 2.05) is 0 Å². The standard InChI is InChI=1S/C13H22N2/c1-10(7-14)8-15-9-13-5-4-11(2)12(3)6-13/h4-6,10,15H,7-9,14H2,1-3H3. The maximum Gasteiger partial charge on any atom is 0.0205 e. The van der Waals surface area contributed by atoms with Gasteiger partial charge in [-0.3, -0.25) is 0 Å². The Morgan fingerprint density at radius 1 is 1.27 bits per heavy atom. The second kappa shape index (κ2) is 5.89. The number of nitrogens with two attached hydrogens (primary N) is 1. The number of rotatable bonds is 5. The first kappa shape index (κ1) is 12.2. The van der Waals surface area contributed by atoms with Crippen LogP contribution in [0.2, 0.25) is 0 Å². The maximum absolute atomic E-state index is 5.56. The summed E-state index contributed by atoms with van der Waals surface area (Å²) in [5.41, 5.74) is 9.62. The summed E-state index contributed by atoms with van der Waals surface area (Å²) in [7, 11) is 0. The van der Waals surface area contributed by atoms with Crippen molar-refractivity contribution in [2.45, 2.75) is 27.3 Å². The van der Waals surface area contributed by atoms with Crippen LogP contribution >= 0.6 is 0 Å². The third-order valence-corrected chi connectivity index (χ3v) is 2.80. The molecule has 0 amide bonds. The lowest BCUT2D eigenvalue weighted by atomic mass is 10.1. The van der Waals surface area contributed by atoms with E-state index >= 15 is 0 Å². The Kier molecular flexibility index (Phi) is 4.79. The average molecular weight is 206 g/mol. The number of nitrogens with one attached hydrogen (secondary N) is 1. The fourth-order valence-electron chi connectivity index (χ4n) is 1.46. The fraction of sp³-hybridized carbons (Fsp3) is 0.538. The zero-order valence-electron chi connectivity index (χ0n) is 10.0. The number of aryl methyl sites for hydroxylation is 2. The van der Waals surface area contributed by atoms with Gasteiger partial charge in [0.2, 0.25) is 0 Å². The molecule has 15 heavy (non-hydrogen) atoms. The van der Waals surface area contributed by atoms with E-state index in [0.717, 1.165) is 19.6 Å². The van der Waals surface area contributed by atoms with Crippen LogP contribution < -0.4 is 11.1 Å². The van der Waals surface area contributed by atoms with Gasteiger partial charge in [0, 0.05) is 6.54 Å². The summed E-state index contributed by atoms with van der Waals surface area (Å²) in [4.78, 5) is 0. The van der Waals surface area contributed by atoms with E-state index in [1.54, 1.807) is 0 Å². The molecule has 0 radical (unpaired) electrons. The van der Waals surface area contributed by atoms with Crippen LogP contribution in [0.1, 0.15) is 23.6 Å². The lowest BCUT2D eigenvalue weighted by Gasteiger charge is -2.10. The molecule has 0 aliphatic carbocycles. The highest BCUT2D eigenvalue weighted by molar-refractivity contribution is 5.29. The zero-order valence-corrected chi connectivity index (χ0v) is 10.0. The second-order valence-corrected chi connectivity index (χ2v) is 4.39. The molecule has 1 atom stereocenters. The Morgan fingerprint density at radius 2 is 2.00 bits per heavy atom. The van der Waals surface area contributed by atoms with E-state index in [2.05, 4.69) is 44.3 Å². The van der Waals surface area contributed by atoms with Crippen molar-refractivity contribution in [2.24, 2.45) is 11.7 Å². The highest BCUT2D eigenvalue weighted by Gasteiger charge is 1.99. The predicted octanol–water partition coefficient (Wildman–Crippen LogP) is 1.99. The Morgan fingerprint density at radius 3 is 2.60 bits per heavy atom. The molecule has 0 saturated carbocycles. The number of hydrogen-bond donors (Lipinski definition) is 2. The molecule has 1 aromatic carbocycles. The Bertz CT molecular complexity index is 307. The van der Waals surface area contributed by atoms with Crippen molar-refractivity contribution in [3.63, 3.8) is 0 Å². The van der Waals surface area contributed by atoms with Crippen molar-refractivity contribution >= 4 is 0 Å². The quantitative estimate of drug-likeness (QED) is 0.773. The molecule has 0 aromatic heterocycles.